The van der Waals surface area contributed by atoms with Crippen molar-refractivity contribution >= 4 is 57.2 Å². The summed E-state index contributed by atoms with van der Waals surface area (Å²) in [4.78, 5) is 16.9. The molecule has 4 rings (SSSR count). The molecule has 0 aliphatic carbocycles. The van der Waals surface area contributed by atoms with E-state index in [9.17, 15) is 4.79 Å². The third-order valence-electron chi connectivity index (χ3n) is 4.35. The van der Waals surface area contributed by atoms with E-state index in [0.29, 0.717) is 13.3 Å². The maximum atomic E-state index is 12.4. The minimum atomic E-state index is -0.261. The quantitative estimate of drug-likeness (QED) is 0.243. The van der Waals surface area contributed by atoms with Crippen LogP contribution < -0.4 is 4.31 Å². The lowest BCUT2D eigenvalue weighted by Crippen LogP contribution is -2.25. The number of nitrogens with zero attached hydrogens (tertiary/aromatic N) is 3. The molecule has 0 spiro atoms. The number of thiazole rings is 1. The number of aromatic nitrogens is 2. The fourth-order valence-electron chi connectivity index (χ4n) is 3.21. The molecule has 0 aliphatic rings. The SMILES string of the molecule is CCOC(=O)CN(Sc1cccs1)c1cccc2cc(-c3nccs3)n(COC)c12. The largest absolute Gasteiger partial charge is 0.465 e. The number of rotatable bonds is 9. The molecule has 0 radical (unpaired) electrons. The van der Waals surface area contributed by atoms with E-state index in [2.05, 4.69) is 21.7 Å². The highest BCUT2D eigenvalue weighted by Crippen LogP contribution is 2.39. The molecule has 156 valence electrons. The molecule has 0 N–H and O–H groups in total. The number of carbonyl (C=O) groups is 1. The molecule has 30 heavy (non-hydrogen) atoms. The molecule has 3 aromatic heterocycles. The number of para-hydroxylation sites is 1. The fourth-order valence-corrected chi connectivity index (χ4v) is 5.70. The number of methoxy groups -OCH3 is 1. The van der Waals surface area contributed by atoms with Crippen LogP contribution in [0.25, 0.3) is 21.6 Å². The van der Waals surface area contributed by atoms with Crippen LogP contribution in [0.3, 0.4) is 0 Å². The van der Waals surface area contributed by atoms with Gasteiger partial charge >= 0.3 is 5.97 Å². The second-order valence-corrected chi connectivity index (χ2v) is 9.46. The molecule has 0 fully saturated rings. The first kappa shape index (κ1) is 20.9. The van der Waals surface area contributed by atoms with E-state index in [4.69, 9.17) is 9.47 Å². The molecule has 9 heteroatoms. The Morgan fingerprint density at radius 1 is 1.23 bits per heavy atom. The molecule has 0 atom stereocenters. The summed E-state index contributed by atoms with van der Waals surface area (Å²) in [5.41, 5.74) is 2.92. The molecule has 1 aromatic carbocycles. The second-order valence-electron chi connectivity index (χ2n) is 6.29. The number of hydrogen-bond acceptors (Lipinski definition) is 8. The van der Waals surface area contributed by atoms with Crippen LogP contribution in [0.2, 0.25) is 0 Å². The van der Waals surface area contributed by atoms with Crippen LogP contribution in [0.15, 0.2) is 57.6 Å². The summed E-state index contributed by atoms with van der Waals surface area (Å²) in [5.74, 6) is -0.261. The number of esters is 1. The molecule has 3 heterocycles. The molecule has 0 unspecified atom stereocenters. The number of anilines is 1. The Morgan fingerprint density at radius 3 is 2.83 bits per heavy atom. The van der Waals surface area contributed by atoms with Gasteiger partial charge in [-0.25, -0.2) is 4.98 Å². The van der Waals surface area contributed by atoms with Gasteiger partial charge < -0.3 is 14.0 Å². The molecule has 0 amide bonds. The van der Waals surface area contributed by atoms with Crippen molar-refractivity contribution in [2.24, 2.45) is 0 Å². The molecule has 0 saturated carbocycles. The molecule has 0 aliphatic heterocycles. The van der Waals surface area contributed by atoms with Crippen molar-refractivity contribution < 1.29 is 14.3 Å². The van der Waals surface area contributed by atoms with Crippen LogP contribution in [0.5, 0.6) is 0 Å². The Balaban J connectivity index is 1.84. The van der Waals surface area contributed by atoms with E-state index < -0.39 is 0 Å². The van der Waals surface area contributed by atoms with Crippen molar-refractivity contribution in [1.82, 2.24) is 9.55 Å². The van der Waals surface area contributed by atoms with Crippen LogP contribution >= 0.6 is 34.6 Å². The average molecular weight is 460 g/mol. The monoisotopic (exact) mass is 459 g/mol. The molecule has 0 bridgehead atoms. The Labute approximate surface area is 187 Å². The standard InChI is InChI=1S/C21H21N3O3S3/c1-3-27-18(25)13-24(30-19-8-5-10-28-19)16-7-4-6-15-12-17(21-22-9-11-29-21)23(14-26-2)20(15)16/h4-12H,3,13-14H2,1-2H3. The van der Waals surface area contributed by atoms with Crippen LogP contribution in [0.1, 0.15) is 6.92 Å². The van der Waals surface area contributed by atoms with Crippen LogP contribution in [0, 0.1) is 0 Å². The van der Waals surface area contributed by atoms with E-state index in [0.717, 1.165) is 31.5 Å². The zero-order chi connectivity index (χ0) is 20.9. The number of hydrogen-bond donors (Lipinski definition) is 0. The first-order valence-electron chi connectivity index (χ1n) is 9.37. The van der Waals surface area contributed by atoms with Gasteiger partial charge in [-0.15, -0.1) is 22.7 Å². The minimum absolute atomic E-state index is 0.139. The summed E-state index contributed by atoms with van der Waals surface area (Å²) >= 11 is 4.76. The lowest BCUT2D eigenvalue weighted by atomic mass is 10.2. The summed E-state index contributed by atoms with van der Waals surface area (Å²) in [6.45, 7) is 2.70. The van der Waals surface area contributed by atoms with Gasteiger partial charge in [-0.1, -0.05) is 18.2 Å². The van der Waals surface area contributed by atoms with Gasteiger partial charge in [0.05, 0.1) is 27.7 Å². The fraction of sp³-hybridized carbons (Fsp3) is 0.238. The lowest BCUT2D eigenvalue weighted by Gasteiger charge is -2.23. The van der Waals surface area contributed by atoms with Crippen LogP contribution in [-0.4, -0.2) is 35.8 Å². The van der Waals surface area contributed by atoms with Crippen molar-refractivity contribution in [3.8, 4) is 10.7 Å². The zero-order valence-corrected chi connectivity index (χ0v) is 19.1. The Morgan fingerprint density at radius 2 is 2.13 bits per heavy atom. The van der Waals surface area contributed by atoms with Crippen LogP contribution in [-0.2, 0) is 21.0 Å². The molecule has 4 aromatic rings. The van der Waals surface area contributed by atoms with E-state index in [1.165, 1.54) is 11.9 Å². The van der Waals surface area contributed by atoms with Gasteiger partial charge in [0, 0.05) is 24.1 Å². The highest BCUT2D eigenvalue weighted by atomic mass is 32.2. The first-order valence-corrected chi connectivity index (χ1v) is 11.9. The summed E-state index contributed by atoms with van der Waals surface area (Å²) in [6.07, 6.45) is 1.80. The van der Waals surface area contributed by atoms with Crippen molar-refractivity contribution in [1.29, 1.82) is 0 Å². The van der Waals surface area contributed by atoms with E-state index in [1.807, 2.05) is 46.3 Å². The summed E-state index contributed by atoms with van der Waals surface area (Å²) in [7, 11) is 1.68. The Bertz CT molecular complexity index is 1110. The molecule has 6 nitrogen and oxygen atoms in total. The molecular formula is C21H21N3O3S3. The molecular weight excluding hydrogens is 438 g/mol. The van der Waals surface area contributed by atoms with Crippen molar-refractivity contribution in [3.63, 3.8) is 0 Å². The van der Waals surface area contributed by atoms with Gasteiger partial charge in [-0.2, -0.15) is 0 Å². The maximum Gasteiger partial charge on any atom is 0.326 e. The highest BCUT2D eigenvalue weighted by molar-refractivity contribution is 8.02. The van der Waals surface area contributed by atoms with Gasteiger partial charge in [0.25, 0.3) is 0 Å². The Hall–Kier alpha value is -2.33. The summed E-state index contributed by atoms with van der Waals surface area (Å²) in [6, 6.07) is 12.3. The topological polar surface area (TPSA) is 56.6 Å². The third kappa shape index (κ3) is 4.39. The van der Waals surface area contributed by atoms with Gasteiger partial charge in [0.1, 0.15) is 18.3 Å². The normalized spacial score (nSPS) is 11.1. The number of fused-ring (bicyclic) bond motifs is 1. The van der Waals surface area contributed by atoms with Gasteiger partial charge in [0.2, 0.25) is 0 Å². The summed E-state index contributed by atoms with van der Waals surface area (Å²) in [5, 5.41) is 5.98. The Kier molecular flexibility index (Phi) is 6.73. The zero-order valence-electron chi connectivity index (χ0n) is 16.6. The van der Waals surface area contributed by atoms with E-state index >= 15 is 0 Å². The van der Waals surface area contributed by atoms with Crippen molar-refractivity contribution in [2.75, 3.05) is 24.6 Å². The smallest absolute Gasteiger partial charge is 0.326 e. The number of ether oxygens (including phenoxy) is 2. The van der Waals surface area contributed by atoms with Crippen molar-refractivity contribution in [2.45, 2.75) is 17.9 Å². The highest BCUT2D eigenvalue weighted by Gasteiger charge is 2.22. The van der Waals surface area contributed by atoms with Crippen LogP contribution in [0.4, 0.5) is 5.69 Å². The third-order valence-corrected chi connectivity index (χ3v) is 7.18. The minimum Gasteiger partial charge on any atom is -0.465 e. The second kappa shape index (κ2) is 9.65. The molecule has 0 saturated heterocycles. The predicted molar refractivity (Wildman–Crippen MR) is 124 cm³/mol. The van der Waals surface area contributed by atoms with Crippen molar-refractivity contribution in [3.05, 3.63) is 53.4 Å². The lowest BCUT2D eigenvalue weighted by molar-refractivity contribution is -0.141. The first-order chi connectivity index (χ1) is 14.7. The van der Waals surface area contributed by atoms with E-state index in [-0.39, 0.29) is 12.5 Å². The van der Waals surface area contributed by atoms with Gasteiger partial charge in [-0.05, 0) is 42.5 Å². The summed E-state index contributed by atoms with van der Waals surface area (Å²) < 4.78 is 16.0. The predicted octanol–water partition coefficient (Wildman–Crippen LogP) is 5.51. The number of thiophene rings is 1. The number of carbonyl (C=O) groups excluding carboxylic acids is 1. The average Bonchev–Trinajstić information content (AvgIpc) is 3.49. The maximum absolute atomic E-state index is 12.4. The van der Waals surface area contributed by atoms with E-state index in [1.54, 1.807) is 36.0 Å². The van der Waals surface area contributed by atoms with Gasteiger partial charge in [0.15, 0.2) is 0 Å². The number of benzene rings is 1. The van der Waals surface area contributed by atoms with Gasteiger partial charge in [-0.3, -0.25) is 9.10 Å².